The zero-order valence-corrected chi connectivity index (χ0v) is 23.4. The van der Waals surface area contributed by atoms with Gasteiger partial charge in [-0.2, -0.15) is 0 Å². The van der Waals surface area contributed by atoms with Crippen molar-refractivity contribution in [2.24, 2.45) is 11.6 Å². The maximum atomic E-state index is 6.63. The van der Waals surface area contributed by atoms with Gasteiger partial charge in [0.05, 0.1) is 17.1 Å². The lowest BCUT2D eigenvalue weighted by Crippen LogP contribution is -2.31. The van der Waals surface area contributed by atoms with Gasteiger partial charge < -0.3 is 11.1 Å². The summed E-state index contributed by atoms with van der Waals surface area (Å²) >= 11 is 0. The van der Waals surface area contributed by atoms with E-state index in [0.29, 0.717) is 5.70 Å². The average molecular weight is 477 g/mol. The van der Waals surface area contributed by atoms with E-state index < -0.39 is 0 Å². The third kappa shape index (κ3) is 8.89. The Labute approximate surface area is 215 Å². The first kappa shape index (κ1) is 31.9. The molecular formula is C31H48N4. The predicted molar refractivity (Wildman–Crippen MR) is 158 cm³/mol. The second kappa shape index (κ2) is 18.3. The molecule has 192 valence electrons. The lowest BCUT2D eigenvalue weighted by Gasteiger charge is -2.25. The van der Waals surface area contributed by atoms with Crippen molar-refractivity contribution in [2.45, 2.75) is 61.8 Å². The summed E-state index contributed by atoms with van der Waals surface area (Å²) in [6, 6.07) is 24.8. The van der Waals surface area contributed by atoms with Gasteiger partial charge >= 0.3 is 0 Å². The van der Waals surface area contributed by atoms with Gasteiger partial charge in [-0.25, -0.2) is 5.84 Å². The first-order chi connectivity index (χ1) is 17.1. The van der Waals surface area contributed by atoms with Crippen molar-refractivity contribution in [3.8, 4) is 0 Å². The molecule has 0 unspecified atom stereocenters. The minimum atomic E-state index is 0.712. The van der Waals surface area contributed by atoms with Gasteiger partial charge in [0.15, 0.2) is 0 Å². The van der Waals surface area contributed by atoms with Gasteiger partial charge in [0.2, 0.25) is 0 Å². The van der Waals surface area contributed by atoms with E-state index in [-0.39, 0.29) is 0 Å². The number of hydrogen-bond donors (Lipinski definition) is 3. The molecule has 0 aromatic heterocycles. The number of anilines is 1. The molecule has 1 aliphatic rings. The Morgan fingerprint density at radius 2 is 1.17 bits per heavy atom. The zero-order valence-electron chi connectivity index (χ0n) is 23.4. The summed E-state index contributed by atoms with van der Waals surface area (Å²) in [5.74, 6) is 6.55. The molecule has 4 rings (SSSR count). The van der Waals surface area contributed by atoms with Crippen LogP contribution in [0.5, 0.6) is 0 Å². The Balaban J connectivity index is 0.00000102. The van der Waals surface area contributed by atoms with Gasteiger partial charge in [-0.05, 0) is 50.2 Å². The van der Waals surface area contributed by atoms with Crippen LogP contribution in [0.2, 0.25) is 0 Å². The van der Waals surface area contributed by atoms with Crippen molar-refractivity contribution < 1.29 is 0 Å². The highest BCUT2D eigenvalue weighted by Crippen LogP contribution is 2.36. The number of hydrazine groups is 1. The van der Waals surface area contributed by atoms with Crippen LogP contribution in [-0.4, -0.2) is 13.6 Å². The van der Waals surface area contributed by atoms with E-state index in [2.05, 4.69) is 67.7 Å². The van der Waals surface area contributed by atoms with Crippen LogP contribution in [-0.2, 0) is 6.42 Å². The van der Waals surface area contributed by atoms with E-state index >= 15 is 0 Å². The van der Waals surface area contributed by atoms with Crippen LogP contribution in [0.3, 0.4) is 0 Å². The van der Waals surface area contributed by atoms with E-state index in [0.717, 1.165) is 35.5 Å². The number of nitrogens with zero attached hydrogens (tertiary/aromatic N) is 1. The molecule has 0 radical (unpaired) electrons. The van der Waals surface area contributed by atoms with Gasteiger partial charge in [-0.3, -0.25) is 5.01 Å². The van der Waals surface area contributed by atoms with Gasteiger partial charge in [0, 0.05) is 11.1 Å². The molecule has 35 heavy (non-hydrogen) atoms. The number of nitrogens with one attached hydrogen (secondary N) is 1. The minimum absolute atomic E-state index is 0.712. The summed E-state index contributed by atoms with van der Waals surface area (Å²) in [5.41, 5.74) is 14.9. The van der Waals surface area contributed by atoms with Crippen molar-refractivity contribution >= 4 is 17.1 Å². The standard InChI is InChI=1S/C22H21N3.C3H9N.3C2H6/c1-15-10-12-18(13-11-15)25(24)22-20-9-5-3-7-17(20)14-16-6-2-4-8-19(16)21(22)23;1-3-4-2;3*1-2/h2-13H,14,23-24H2,1H3;4H,3H2,1-2H3;3*1-2H3. The molecule has 0 amide bonds. The highest BCUT2D eigenvalue weighted by Gasteiger charge is 2.23. The highest BCUT2D eigenvalue weighted by molar-refractivity contribution is 5.97. The lowest BCUT2D eigenvalue weighted by molar-refractivity contribution is 0.864. The molecule has 3 aromatic carbocycles. The summed E-state index contributed by atoms with van der Waals surface area (Å²) < 4.78 is 0. The van der Waals surface area contributed by atoms with Crippen molar-refractivity contribution in [1.82, 2.24) is 5.32 Å². The normalized spacial score (nSPS) is 10.7. The molecule has 0 atom stereocenters. The van der Waals surface area contributed by atoms with E-state index in [9.17, 15) is 0 Å². The predicted octanol–water partition coefficient (Wildman–Crippen LogP) is 7.37. The van der Waals surface area contributed by atoms with Gasteiger partial charge in [-0.15, -0.1) is 0 Å². The summed E-state index contributed by atoms with van der Waals surface area (Å²) in [4.78, 5) is 0. The Bertz CT molecular complexity index is 989. The van der Waals surface area contributed by atoms with Crippen LogP contribution in [0.4, 0.5) is 5.69 Å². The van der Waals surface area contributed by atoms with Crippen LogP contribution in [0.25, 0.3) is 11.4 Å². The molecule has 5 N–H and O–H groups in total. The molecule has 0 bridgehead atoms. The lowest BCUT2D eigenvalue weighted by atomic mass is 9.99. The van der Waals surface area contributed by atoms with Crippen LogP contribution in [0.1, 0.15) is 76.3 Å². The van der Waals surface area contributed by atoms with E-state index in [1.807, 2.05) is 72.9 Å². The van der Waals surface area contributed by atoms with E-state index in [1.54, 1.807) is 5.01 Å². The number of aryl methyl sites for hydroxylation is 1. The van der Waals surface area contributed by atoms with E-state index in [4.69, 9.17) is 11.6 Å². The Morgan fingerprint density at radius 3 is 1.66 bits per heavy atom. The van der Waals surface area contributed by atoms with Crippen LogP contribution >= 0.6 is 0 Å². The molecule has 0 aliphatic heterocycles. The maximum absolute atomic E-state index is 6.63. The van der Waals surface area contributed by atoms with Crippen molar-refractivity contribution in [1.29, 1.82) is 0 Å². The quantitative estimate of drug-likeness (QED) is 0.273. The molecule has 0 saturated carbocycles. The molecule has 4 heteroatoms. The molecule has 4 nitrogen and oxygen atoms in total. The van der Waals surface area contributed by atoms with Gasteiger partial charge in [-0.1, -0.05) is 115 Å². The maximum Gasteiger partial charge on any atom is 0.0885 e. The van der Waals surface area contributed by atoms with Crippen molar-refractivity contribution in [2.75, 3.05) is 18.6 Å². The fourth-order valence-electron chi connectivity index (χ4n) is 3.41. The summed E-state index contributed by atoms with van der Waals surface area (Å²) in [6.45, 7) is 17.2. The van der Waals surface area contributed by atoms with Crippen LogP contribution in [0.15, 0.2) is 72.8 Å². The Hall–Kier alpha value is -3.08. The second-order valence-electron chi connectivity index (χ2n) is 7.17. The van der Waals surface area contributed by atoms with Crippen LogP contribution in [0, 0.1) is 6.92 Å². The van der Waals surface area contributed by atoms with Crippen LogP contribution < -0.4 is 21.9 Å². The van der Waals surface area contributed by atoms with Crippen molar-refractivity contribution in [3.63, 3.8) is 0 Å². The number of rotatable bonds is 3. The Morgan fingerprint density at radius 1 is 0.743 bits per heavy atom. The fourth-order valence-corrected chi connectivity index (χ4v) is 3.41. The molecular weight excluding hydrogens is 428 g/mol. The number of benzene rings is 3. The fraction of sp³-hybridized carbons (Fsp3) is 0.355. The molecule has 0 saturated heterocycles. The minimum Gasteiger partial charge on any atom is -0.396 e. The molecule has 3 aromatic rings. The van der Waals surface area contributed by atoms with E-state index in [1.165, 1.54) is 16.7 Å². The first-order valence-corrected chi connectivity index (χ1v) is 13.0. The molecule has 1 aliphatic carbocycles. The number of nitrogens with two attached hydrogens (primary N) is 2. The smallest absolute Gasteiger partial charge is 0.0885 e. The summed E-state index contributed by atoms with van der Waals surface area (Å²) in [5, 5.41) is 4.63. The first-order valence-electron chi connectivity index (χ1n) is 13.0. The molecule has 0 heterocycles. The topological polar surface area (TPSA) is 67.3 Å². The zero-order chi connectivity index (χ0) is 26.8. The highest BCUT2D eigenvalue weighted by atomic mass is 15.4. The number of hydrogen-bond acceptors (Lipinski definition) is 4. The van der Waals surface area contributed by atoms with Gasteiger partial charge in [0.1, 0.15) is 0 Å². The number of fused-ring (bicyclic) bond motifs is 2. The summed E-state index contributed by atoms with van der Waals surface area (Å²) in [6.07, 6.45) is 0.846. The average Bonchev–Trinajstić information content (AvgIpc) is 3.06. The Kier molecular flexibility index (Phi) is 16.7. The molecule has 0 spiro atoms. The van der Waals surface area contributed by atoms with Gasteiger partial charge in [0.25, 0.3) is 0 Å². The third-order valence-corrected chi connectivity index (χ3v) is 5.12. The monoisotopic (exact) mass is 476 g/mol. The van der Waals surface area contributed by atoms with Crippen molar-refractivity contribution in [3.05, 3.63) is 101 Å². The SMILES string of the molecule is CC.CC.CC.CCNC.Cc1ccc(N(N)C2=C(N)c3ccccc3Cc3ccccc32)cc1. The molecule has 0 fully saturated rings. The largest absolute Gasteiger partial charge is 0.396 e. The third-order valence-electron chi connectivity index (χ3n) is 5.12. The summed E-state index contributed by atoms with van der Waals surface area (Å²) in [7, 11) is 1.93. The second-order valence-corrected chi connectivity index (χ2v) is 7.17.